The van der Waals surface area contributed by atoms with Crippen molar-refractivity contribution in [2.24, 2.45) is 0 Å². The second-order valence-electron chi connectivity index (χ2n) is 4.64. The van der Waals surface area contributed by atoms with Gasteiger partial charge in [-0.05, 0) is 39.3 Å². The first-order chi connectivity index (χ1) is 7.13. The summed E-state index contributed by atoms with van der Waals surface area (Å²) in [4.78, 5) is 2.37. The summed E-state index contributed by atoms with van der Waals surface area (Å²) in [6, 6.07) is 3.02. The molecule has 0 aliphatic heterocycles. The Bertz CT molecular complexity index is 226. The molecule has 1 atom stereocenters. The predicted octanol–water partition coefficient (Wildman–Crippen LogP) is 1.75. The number of nitrogens with one attached hydrogen (secondary N) is 1. The van der Waals surface area contributed by atoms with E-state index in [-0.39, 0.29) is 5.54 Å². The van der Waals surface area contributed by atoms with Gasteiger partial charge in [-0.15, -0.1) is 0 Å². The summed E-state index contributed by atoms with van der Waals surface area (Å²) >= 11 is 0. The van der Waals surface area contributed by atoms with Crippen LogP contribution in [-0.4, -0.2) is 36.1 Å². The number of nitrogens with zero attached hydrogens (tertiary/aromatic N) is 2. The van der Waals surface area contributed by atoms with Crippen LogP contribution < -0.4 is 5.32 Å². The molecule has 15 heavy (non-hydrogen) atoms. The zero-order chi connectivity index (χ0) is 11.3. The van der Waals surface area contributed by atoms with E-state index in [2.05, 4.69) is 30.1 Å². The Kier molecular flexibility index (Phi) is 4.56. The van der Waals surface area contributed by atoms with Gasteiger partial charge in [-0.2, -0.15) is 5.26 Å². The molecule has 1 N–H and O–H groups in total. The van der Waals surface area contributed by atoms with Gasteiger partial charge in [0.2, 0.25) is 0 Å². The maximum atomic E-state index is 9.19. The third-order valence-corrected chi connectivity index (χ3v) is 3.17. The second-order valence-corrected chi connectivity index (χ2v) is 4.64. The van der Waals surface area contributed by atoms with Crippen molar-refractivity contribution >= 4 is 0 Å². The predicted molar refractivity (Wildman–Crippen MR) is 62.6 cm³/mol. The van der Waals surface area contributed by atoms with Crippen LogP contribution in [-0.2, 0) is 0 Å². The number of hydrogen-bond donors (Lipinski definition) is 1. The Morgan fingerprint density at radius 3 is 2.40 bits per heavy atom. The van der Waals surface area contributed by atoms with Gasteiger partial charge >= 0.3 is 0 Å². The van der Waals surface area contributed by atoms with Crippen LogP contribution in [0.2, 0.25) is 0 Å². The normalized spacial score (nSPS) is 19.9. The lowest BCUT2D eigenvalue weighted by Crippen LogP contribution is -2.45. The molecule has 0 aromatic rings. The molecule has 0 spiro atoms. The fraction of sp³-hybridized carbons (Fsp3) is 0.917. The molecule has 1 rings (SSSR count). The first-order valence-electron chi connectivity index (χ1n) is 6.05. The minimum Gasteiger partial charge on any atom is -0.304 e. The molecule has 86 valence electrons. The van der Waals surface area contributed by atoms with Crippen LogP contribution in [0.15, 0.2) is 0 Å². The maximum absolute atomic E-state index is 9.19. The average molecular weight is 209 g/mol. The lowest BCUT2D eigenvalue weighted by Gasteiger charge is -2.27. The maximum Gasteiger partial charge on any atom is 0.105 e. The standard InChI is InChI=1S/C12H23N3/c1-4-15(5-2)9-8-12(3,10-13)14-11-6-7-11/h11,14H,4-9H2,1-3H3. The van der Waals surface area contributed by atoms with Gasteiger partial charge in [-0.1, -0.05) is 13.8 Å². The van der Waals surface area contributed by atoms with Crippen molar-refractivity contribution in [3.63, 3.8) is 0 Å². The third kappa shape index (κ3) is 4.19. The van der Waals surface area contributed by atoms with Crippen molar-refractivity contribution in [1.82, 2.24) is 10.2 Å². The minimum absolute atomic E-state index is 0.330. The third-order valence-electron chi connectivity index (χ3n) is 3.17. The van der Waals surface area contributed by atoms with Crippen molar-refractivity contribution in [2.75, 3.05) is 19.6 Å². The molecule has 0 aromatic heterocycles. The van der Waals surface area contributed by atoms with Crippen molar-refractivity contribution in [2.45, 2.75) is 51.6 Å². The second kappa shape index (κ2) is 5.48. The summed E-state index contributed by atoms with van der Waals surface area (Å²) in [5.74, 6) is 0. The molecule has 0 heterocycles. The number of nitriles is 1. The van der Waals surface area contributed by atoms with Crippen LogP contribution in [0.5, 0.6) is 0 Å². The summed E-state index contributed by atoms with van der Waals surface area (Å²) in [5.41, 5.74) is -0.330. The van der Waals surface area contributed by atoms with Crippen LogP contribution in [0.3, 0.4) is 0 Å². The molecule has 3 nitrogen and oxygen atoms in total. The Hall–Kier alpha value is -0.590. The van der Waals surface area contributed by atoms with Gasteiger partial charge in [-0.25, -0.2) is 0 Å². The summed E-state index contributed by atoms with van der Waals surface area (Å²) < 4.78 is 0. The molecular weight excluding hydrogens is 186 g/mol. The van der Waals surface area contributed by atoms with Crippen molar-refractivity contribution in [1.29, 1.82) is 5.26 Å². The molecule has 3 heteroatoms. The molecule has 1 aliphatic rings. The molecular formula is C12H23N3. The SMILES string of the molecule is CCN(CC)CCC(C)(C#N)NC1CC1. The number of hydrogen-bond acceptors (Lipinski definition) is 3. The molecule has 0 saturated heterocycles. The van der Waals surface area contributed by atoms with Gasteiger partial charge in [0.05, 0.1) is 6.07 Å². The van der Waals surface area contributed by atoms with Gasteiger partial charge in [0, 0.05) is 12.6 Å². The van der Waals surface area contributed by atoms with E-state index in [0.717, 1.165) is 26.1 Å². The highest BCUT2D eigenvalue weighted by Gasteiger charge is 2.32. The summed E-state index contributed by atoms with van der Waals surface area (Å²) in [7, 11) is 0. The Labute approximate surface area is 93.5 Å². The van der Waals surface area contributed by atoms with Gasteiger partial charge in [-0.3, -0.25) is 5.32 Å². The van der Waals surface area contributed by atoms with E-state index >= 15 is 0 Å². The average Bonchev–Trinajstić information content (AvgIpc) is 3.03. The van der Waals surface area contributed by atoms with Crippen molar-refractivity contribution in [3.05, 3.63) is 0 Å². The molecule has 1 saturated carbocycles. The zero-order valence-corrected chi connectivity index (χ0v) is 10.2. The van der Waals surface area contributed by atoms with E-state index in [0.29, 0.717) is 6.04 Å². The molecule has 0 amide bonds. The van der Waals surface area contributed by atoms with Crippen LogP contribution in [0.25, 0.3) is 0 Å². The first-order valence-corrected chi connectivity index (χ1v) is 6.05. The topological polar surface area (TPSA) is 39.1 Å². The van der Waals surface area contributed by atoms with Gasteiger partial charge < -0.3 is 4.90 Å². The first kappa shape index (κ1) is 12.5. The van der Waals surface area contributed by atoms with Crippen molar-refractivity contribution < 1.29 is 0 Å². The fourth-order valence-electron chi connectivity index (χ4n) is 1.76. The largest absolute Gasteiger partial charge is 0.304 e. The lowest BCUT2D eigenvalue weighted by atomic mass is 9.99. The molecule has 0 radical (unpaired) electrons. The summed E-state index contributed by atoms with van der Waals surface area (Å²) in [6.07, 6.45) is 3.40. The van der Waals surface area contributed by atoms with Crippen molar-refractivity contribution in [3.8, 4) is 6.07 Å². The molecule has 0 aromatic carbocycles. The monoisotopic (exact) mass is 209 g/mol. The van der Waals surface area contributed by atoms with E-state index in [1.165, 1.54) is 12.8 Å². The van der Waals surface area contributed by atoms with E-state index in [1.807, 2.05) is 6.92 Å². The van der Waals surface area contributed by atoms with Gasteiger partial charge in [0.1, 0.15) is 5.54 Å². The van der Waals surface area contributed by atoms with E-state index in [4.69, 9.17) is 0 Å². The summed E-state index contributed by atoms with van der Waals surface area (Å²) in [6.45, 7) is 9.51. The van der Waals surface area contributed by atoms with Crippen LogP contribution in [0.4, 0.5) is 0 Å². The van der Waals surface area contributed by atoms with E-state index < -0.39 is 0 Å². The Morgan fingerprint density at radius 2 is 2.00 bits per heavy atom. The quantitative estimate of drug-likeness (QED) is 0.694. The Morgan fingerprint density at radius 1 is 1.40 bits per heavy atom. The fourth-order valence-corrected chi connectivity index (χ4v) is 1.76. The highest BCUT2D eigenvalue weighted by Crippen LogP contribution is 2.23. The minimum atomic E-state index is -0.330. The summed E-state index contributed by atoms with van der Waals surface area (Å²) in [5, 5.41) is 12.6. The molecule has 0 bridgehead atoms. The zero-order valence-electron chi connectivity index (χ0n) is 10.2. The van der Waals surface area contributed by atoms with E-state index in [9.17, 15) is 5.26 Å². The van der Waals surface area contributed by atoms with Gasteiger partial charge in [0.15, 0.2) is 0 Å². The lowest BCUT2D eigenvalue weighted by molar-refractivity contribution is 0.265. The Balaban J connectivity index is 2.34. The smallest absolute Gasteiger partial charge is 0.105 e. The van der Waals surface area contributed by atoms with Gasteiger partial charge in [0.25, 0.3) is 0 Å². The molecule has 1 unspecified atom stereocenters. The van der Waals surface area contributed by atoms with Crippen LogP contribution in [0, 0.1) is 11.3 Å². The molecule has 1 aliphatic carbocycles. The van der Waals surface area contributed by atoms with E-state index in [1.54, 1.807) is 0 Å². The number of rotatable bonds is 7. The highest BCUT2D eigenvalue weighted by molar-refractivity contribution is 5.07. The molecule has 1 fully saturated rings. The highest BCUT2D eigenvalue weighted by atomic mass is 15.1. The van der Waals surface area contributed by atoms with Crippen LogP contribution in [0.1, 0.15) is 40.0 Å². The van der Waals surface area contributed by atoms with Crippen LogP contribution >= 0.6 is 0 Å².